The van der Waals surface area contributed by atoms with Gasteiger partial charge in [0.15, 0.2) is 18.3 Å². The quantitative estimate of drug-likeness (QED) is 0.0952. The van der Waals surface area contributed by atoms with Crippen LogP contribution < -0.4 is 4.74 Å². The van der Waals surface area contributed by atoms with Crippen LogP contribution in [0.1, 0.15) is 72.8 Å². The Balaban J connectivity index is 1.49. The molecule has 0 saturated carbocycles. The lowest BCUT2D eigenvalue weighted by Gasteiger charge is -2.46. The lowest BCUT2D eigenvalue weighted by Crippen LogP contribution is -2.63. The maximum Gasteiger partial charge on any atom is 0.337 e. The van der Waals surface area contributed by atoms with E-state index in [0.717, 1.165) is 39.5 Å². The molecular formula is C40H48O18. The van der Waals surface area contributed by atoms with E-state index in [2.05, 4.69) is 6.58 Å². The highest BCUT2D eigenvalue weighted by Crippen LogP contribution is 2.42. The van der Waals surface area contributed by atoms with Gasteiger partial charge in [-0.2, -0.15) is 0 Å². The van der Waals surface area contributed by atoms with Crippen LogP contribution in [0, 0.1) is 11.8 Å². The van der Waals surface area contributed by atoms with Crippen LogP contribution in [0.2, 0.25) is 0 Å². The number of ether oxygens (including phenoxy) is 10. The van der Waals surface area contributed by atoms with Gasteiger partial charge >= 0.3 is 41.8 Å². The summed E-state index contributed by atoms with van der Waals surface area (Å²) in [6.07, 6.45) is -7.06. The Kier molecular flexibility index (Phi) is 16.1. The van der Waals surface area contributed by atoms with Crippen LogP contribution in [0.15, 0.2) is 48.8 Å². The molecule has 18 heteroatoms. The molecule has 0 aromatic heterocycles. The molecule has 1 aromatic rings. The summed E-state index contributed by atoms with van der Waals surface area (Å²) in [5.74, 6) is -6.31. The number of cyclic esters (lactones) is 1. The van der Waals surface area contributed by atoms with Gasteiger partial charge in [-0.05, 0) is 37.0 Å². The number of benzene rings is 1. The van der Waals surface area contributed by atoms with Crippen LogP contribution in [-0.4, -0.2) is 103 Å². The van der Waals surface area contributed by atoms with Gasteiger partial charge in [0.25, 0.3) is 0 Å². The standard InChI is InChI=1S/C40H48O18/c1-8-31-32-17-30(16-27(47)15-29(52-22(4)43)14-11-26-9-12-28(13-10-26)51-21(3)42)56-38(48)33(32)18-50-39(31)58-40-37(55-25(7)46)36(54-24(6)45)35(53-23(5)44)34(57-40)19-49-20(2)41/h8-10,12-13,18,29-32,34-37,39-40H,1,11,14-17,19H2,2-7H3/t29-,30-,31+,32-,34+,35+,36-,37+,39-,40-/m0/s1. The Bertz CT molecular complexity index is 1750. The summed E-state index contributed by atoms with van der Waals surface area (Å²) in [6, 6.07) is 6.78. The van der Waals surface area contributed by atoms with E-state index in [4.69, 9.17) is 47.4 Å². The van der Waals surface area contributed by atoms with Crippen molar-refractivity contribution in [3.63, 3.8) is 0 Å². The Hall–Kier alpha value is -5.62. The first kappa shape index (κ1) is 45.1. The maximum atomic E-state index is 13.4. The van der Waals surface area contributed by atoms with Crippen molar-refractivity contribution in [1.82, 2.24) is 0 Å². The Morgan fingerprint density at radius 2 is 1.45 bits per heavy atom. The Morgan fingerprint density at radius 1 is 0.810 bits per heavy atom. The first-order chi connectivity index (χ1) is 27.4. The van der Waals surface area contributed by atoms with E-state index in [1.807, 2.05) is 0 Å². The summed E-state index contributed by atoms with van der Waals surface area (Å²) in [5, 5.41) is 0. The van der Waals surface area contributed by atoms with Crippen molar-refractivity contribution in [3.05, 3.63) is 54.3 Å². The molecule has 2 fully saturated rings. The number of aryl methyl sites for hydroxylation is 1. The molecule has 58 heavy (non-hydrogen) atoms. The zero-order chi connectivity index (χ0) is 42.7. The third-order valence-electron chi connectivity index (χ3n) is 9.21. The third kappa shape index (κ3) is 13.0. The fourth-order valence-corrected chi connectivity index (χ4v) is 6.95. The smallest absolute Gasteiger partial charge is 0.337 e. The van der Waals surface area contributed by atoms with E-state index < -0.39 is 109 Å². The summed E-state index contributed by atoms with van der Waals surface area (Å²) >= 11 is 0. The van der Waals surface area contributed by atoms with Crippen molar-refractivity contribution in [2.45, 2.75) is 123 Å². The molecule has 18 nitrogen and oxygen atoms in total. The van der Waals surface area contributed by atoms with Crippen LogP contribution in [0.3, 0.4) is 0 Å². The van der Waals surface area contributed by atoms with Gasteiger partial charge in [0.05, 0.1) is 11.8 Å². The molecule has 316 valence electrons. The summed E-state index contributed by atoms with van der Waals surface area (Å²) in [7, 11) is 0. The molecule has 0 N–H and O–H groups in total. The average Bonchev–Trinajstić information content (AvgIpc) is 3.11. The molecule has 0 aliphatic carbocycles. The van der Waals surface area contributed by atoms with Crippen molar-refractivity contribution >= 4 is 47.6 Å². The zero-order valence-electron chi connectivity index (χ0n) is 33.0. The van der Waals surface area contributed by atoms with Gasteiger partial charge < -0.3 is 47.4 Å². The Morgan fingerprint density at radius 3 is 2.03 bits per heavy atom. The molecule has 0 radical (unpaired) electrons. The van der Waals surface area contributed by atoms with E-state index in [1.165, 1.54) is 19.9 Å². The van der Waals surface area contributed by atoms with Gasteiger partial charge in [-0.15, -0.1) is 6.58 Å². The monoisotopic (exact) mass is 816 g/mol. The molecule has 4 rings (SSSR count). The number of Topliss-reactive ketones (excluding diaryl/α,β-unsaturated/α-hetero) is 1. The topological polar surface area (TPSA) is 229 Å². The highest BCUT2D eigenvalue weighted by atomic mass is 16.8. The molecule has 0 spiro atoms. The van der Waals surface area contributed by atoms with Crippen molar-refractivity contribution in [2.75, 3.05) is 6.61 Å². The van der Waals surface area contributed by atoms with Crippen molar-refractivity contribution < 1.29 is 85.7 Å². The van der Waals surface area contributed by atoms with Crippen LogP contribution in [0.25, 0.3) is 0 Å². The largest absolute Gasteiger partial charge is 0.471 e. The first-order valence-corrected chi connectivity index (χ1v) is 18.5. The lowest BCUT2D eigenvalue weighted by molar-refractivity contribution is -0.342. The molecule has 2 saturated heterocycles. The van der Waals surface area contributed by atoms with Gasteiger partial charge in [-0.3, -0.25) is 33.6 Å². The van der Waals surface area contributed by atoms with Crippen molar-refractivity contribution in [1.29, 1.82) is 0 Å². The van der Waals surface area contributed by atoms with Crippen molar-refractivity contribution in [2.24, 2.45) is 11.8 Å². The van der Waals surface area contributed by atoms with Gasteiger partial charge in [0, 0.05) is 66.2 Å². The summed E-state index contributed by atoms with van der Waals surface area (Å²) in [6.45, 7) is 10.4. The van der Waals surface area contributed by atoms with E-state index in [0.29, 0.717) is 18.6 Å². The van der Waals surface area contributed by atoms with E-state index >= 15 is 0 Å². The zero-order valence-corrected chi connectivity index (χ0v) is 33.0. The van der Waals surface area contributed by atoms with Crippen LogP contribution in [-0.2, 0) is 87.4 Å². The maximum absolute atomic E-state index is 13.4. The summed E-state index contributed by atoms with van der Waals surface area (Å²) < 4.78 is 55.7. The SMILES string of the molecule is C=C[C@H]1[C@H](O[C@@H]2O[C@H](COC(C)=O)[C@@H](OC(C)=O)[C@H](OC(C)=O)[C@H]2OC(C)=O)OC=C2C(=O)O[C@@H](CC(=O)C[C@H](CCc3ccc(OC(C)=O)cc3)OC(C)=O)C[C@H]21. The molecule has 1 aromatic carbocycles. The second-order valence-corrected chi connectivity index (χ2v) is 13.9. The molecule has 3 aliphatic heterocycles. The number of rotatable bonds is 17. The number of hydrogen-bond donors (Lipinski definition) is 0. The fourth-order valence-electron chi connectivity index (χ4n) is 6.95. The lowest BCUT2D eigenvalue weighted by atomic mass is 9.78. The molecule has 0 bridgehead atoms. The van der Waals surface area contributed by atoms with Crippen LogP contribution in [0.5, 0.6) is 5.75 Å². The average molecular weight is 817 g/mol. The van der Waals surface area contributed by atoms with Gasteiger partial charge in [0.1, 0.15) is 36.5 Å². The molecule has 3 aliphatic rings. The van der Waals surface area contributed by atoms with E-state index in [1.54, 1.807) is 24.3 Å². The number of hydrogen-bond acceptors (Lipinski definition) is 18. The minimum absolute atomic E-state index is 0.134. The van der Waals surface area contributed by atoms with Gasteiger partial charge in [-0.1, -0.05) is 18.2 Å². The van der Waals surface area contributed by atoms with Crippen LogP contribution in [0.4, 0.5) is 0 Å². The summed E-state index contributed by atoms with van der Waals surface area (Å²) in [5.41, 5.74) is 1.00. The highest BCUT2D eigenvalue weighted by Gasteiger charge is 2.55. The van der Waals surface area contributed by atoms with Crippen molar-refractivity contribution in [3.8, 4) is 5.75 Å². The molecule has 3 heterocycles. The van der Waals surface area contributed by atoms with Gasteiger partial charge in [0.2, 0.25) is 12.6 Å². The number of ketones is 1. The predicted octanol–water partition coefficient (Wildman–Crippen LogP) is 2.90. The Labute approximate surface area is 334 Å². The van der Waals surface area contributed by atoms with E-state index in [-0.39, 0.29) is 30.6 Å². The van der Waals surface area contributed by atoms with E-state index in [9.17, 15) is 38.4 Å². The number of carbonyl (C=O) groups excluding carboxylic acids is 8. The highest BCUT2D eigenvalue weighted by molar-refractivity contribution is 5.90. The predicted molar refractivity (Wildman–Crippen MR) is 194 cm³/mol. The minimum Gasteiger partial charge on any atom is -0.471 e. The number of carbonyl (C=O) groups is 8. The normalized spacial score (nSPS) is 26.8. The fraction of sp³-hybridized carbons (Fsp3) is 0.550. The number of fused-ring (bicyclic) bond motifs is 1. The second kappa shape index (κ2) is 20.7. The summed E-state index contributed by atoms with van der Waals surface area (Å²) in [4.78, 5) is 98.2. The van der Waals surface area contributed by atoms with Crippen LogP contribution >= 0.6 is 0 Å². The molecule has 10 atom stereocenters. The molecule has 0 unspecified atom stereocenters. The first-order valence-electron chi connectivity index (χ1n) is 18.5. The third-order valence-corrected chi connectivity index (χ3v) is 9.21. The second-order valence-electron chi connectivity index (χ2n) is 13.9. The number of esters is 7. The van der Waals surface area contributed by atoms with Gasteiger partial charge in [-0.25, -0.2) is 4.79 Å². The molecule has 0 amide bonds. The molecular weight excluding hydrogens is 768 g/mol. The minimum atomic E-state index is -1.58.